The number of rotatable bonds is 4. The van der Waals surface area contributed by atoms with Crippen molar-refractivity contribution < 1.29 is 9.53 Å². The van der Waals surface area contributed by atoms with Gasteiger partial charge < -0.3 is 4.74 Å². The van der Waals surface area contributed by atoms with Crippen molar-refractivity contribution in [3.05, 3.63) is 23.4 Å². The van der Waals surface area contributed by atoms with Gasteiger partial charge in [0.05, 0.1) is 12.2 Å². The molecular weight excluding hydrogens is 214 g/mol. The Morgan fingerprint density at radius 3 is 2.53 bits per heavy atom. The van der Waals surface area contributed by atoms with Gasteiger partial charge in [-0.2, -0.15) is 0 Å². The fraction of sp³-hybridized carbons (Fsp3) is 0.571. The summed E-state index contributed by atoms with van der Waals surface area (Å²) < 4.78 is 5.67. The summed E-state index contributed by atoms with van der Waals surface area (Å²) >= 11 is 0. The van der Waals surface area contributed by atoms with Crippen LogP contribution in [0.4, 0.5) is 0 Å². The van der Waals surface area contributed by atoms with E-state index < -0.39 is 0 Å². The second-order valence-corrected chi connectivity index (χ2v) is 5.41. The second-order valence-electron chi connectivity index (χ2n) is 5.41. The molecule has 0 fully saturated rings. The van der Waals surface area contributed by atoms with Crippen molar-refractivity contribution in [3.8, 4) is 5.88 Å². The molecule has 0 atom stereocenters. The molecule has 0 aromatic carbocycles. The molecule has 0 amide bonds. The Morgan fingerprint density at radius 1 is 1.41 bits per heavy atom. The highest BCUT2D eigenvalue weighted by atomic mass is 16.5. The van der Waals surface area contributed by atoms with E-state index in [4.69, 9.17) is 4.74 Å². The molecule has 0 aliphatic heterocycles. The summed E-state index contributed by atoms with van der Waals surface area (Å²) in [7, 11) is 0. The minimum Gasteiger partial charge on any atom is -0.477 e. The van der Waals surface area contributed by atoms with Crippen LogP contribution in [0.25, 0.3) is 0 Å². The third-order valence-electron chi connectivity index (χ3n) is 2.38. The smallest absolute Gasteiger partial charge is 0.224 e. The second kappa shape index (κ2) is 5.30. The molecule has 17 heavy (non-hydrogen) atoms. The minimum absolute atomic E-state index is 0.0128. The molecule has 0 saturated carbocycles. The van der Waals surface area contributed by atoms with Gasteiger partial charge >= 0.3 is 0 Å². The number of Topliss-reactive ketones (excluding diaryl/α,β-unsaturated/α-hetero) is 1. The van der Waals surface area contributed by atoms with Crippen LogP contribution in [0.2, 0.25) is 0 Å². The van der Waals surface area contributed by atoms with Crippen LogP contribution in [0.3, 0.4) is 0 Å². The summed E-state index contributed by atoms with van der Waals surface area (Å²) in [4.78, 5) is 15.8. The van der Waals surface area contributed by atoms with E-state index in [-0.39, 0.29) is 11.2 Å². The predicted molar refractivity (Wildman–Crippen MR) is 68.6 cm³/mol. The van der Waals surface area contributed by atoms with E-state index in [9.17, 15) is 4.79 Å². The maximum Gasteiger partial charge on any atom is 0.224 e. The zero-order valence-electron chi connectivity index (χ0n) is 11.3. The number of carbonyl (C=O) groups is 1. The van der Waals surface area contributed by atoms with E-state index >= 15 is 0 Å². The molecule has 1 rings (SSSR count). The Kier molecular flexibility index (Phi) is 4.27. The van der Waals surface area contributed by atoms with Gasteiger partial charge in [0, 0.05) is 6.20 Å². The summed E-state index contributed by atoms with van der Waals surface area (Å²) in [6, 6.07) is 1.88. The molecule has 0 aliphatic carbocycles. The Bertz CT molecular complexity index is 405. The third kappa shape index (κ3) is 3.84. The number of ether oxygens (including phenoxy) is 1. The molecule has 1 aromatic heterocycles. The average Bonchev–Trinajstić information content (AvgIpc) is 2.24. The SMILES string of the molecule is CCc1ccnc(OCC(C)(C)C)c1C(C)=O. The first-order chi connectivity index (χ1) is 7.85. The number of nitrogens with zero attached hydrogens (tertiary/aromatic N) is 1. The maximum atomic E-state index is 11.7. The van der Waals surface area contributed by atoms with Crippen LogP contribution in [-0.2, 0) is 6.42 Å². The number of aromatic nitrogens is 1. The van der Waals surface area contributed by atoms with Crippen molar-refractivity contribution in [3.63, 3.8) is 0 Å². The topological polar surface area (TPSA) is 39.2 Å². The van der Waals surface area contributed by atoms with Crippen molar-refractivity contribution in [2.75, 3.05) is 6.61 Å². The molecule has 0 radical (unpaired) electrons. The lowest BCUT2D eigenvalue weighted by atomic mass is 9.98. The monoisotopic (exact) mass is 235 g/mol. The van der Waals surface area contributed by atoms with E-state index in [1.807, 2.05) is 13.0 Å². The quantitative estimate of drug-likeness (QED) is 0.752. The van der Waals surface area contributed by atoms with Gasteiger partial charge in [0.25, 0.3) is 0 Å². The molecule has 3 nitrogen and oxygen atoms in total. The van der Waals surface area contributed by atoms with Gasteiger partial charge in [-0.05, 0) is 30.4 Å². The molecule has 0 N–H and O–H groups in total. The first kappa shape index (κ1) is 13.7. The third-order valence-corrected chi connectivity index (χ3v) is 2.38. The summed E-state index contributed by atoms with van der Waals surface area (Å²) in [6.45, 7) is 10.4. The molecule has 1 heterocycles. The lowest BCUT2D eigenvalue weighted by molar-refractivity contribution is 0.100. The Balaban J connectivity index is 3.02. The Morgan fingerprint density at radius 2 is 2.06 bits per heavy atom. The van der Waals surface area contributed by atoms with Crippen LogP contribution in [-0.4, -0.2) is 17.4 Å². The van der Waals surface area contributed by atoms with Crippen LogP contribution >= 0.6 is 0 Å². The average molecular weight is 235 g/mol. The van der Waals surface area contributed by atoms with Crippen LogP contribution < -0.4 is 4.74 Å². The van der Waals surface area contributed by atoms with E-state index in [0.717, 1.165) is 12.0 Å². The van der Waals surface area contributed by atoms with E-state index in [2.05, 4.69) is 25.8 Å². The van der Waals surface area contributed by atoms with Gasteiger partial charge in [-0.3, -0.25) is 4.79 Å². The molecule has 3 heteroatoms. The lowest BCUT2D eigenvalue weighted by Gasteiger charge is -2.19. The zero-order chi connectivity index (χ0) is 13.1. The zero-order valence-corrected chi connectivity index (χ0v) is 11.3. The van der Waals surface area contributed by atoms with Gasteiger partial charge in [0.15, 0.2) is 5.78 Å². The number of hydrogen-bond acceptors (Lipinski definition) is 3. The summed E-state index contributed by atoms with van der Waals surface area (Å²) in [5, 5.41) is 0. The number of pyridine rings is 1. The number of hydrogen-bond donors (Lipinski definition) is 0. The maximum absolute atomic E-state index is 11.7. The predicted octanol–water partition coefficient (Wildman–Crippen LogP) is 3.27. The number of aryl methyl sites for hydroxylation is 1. The van der Waals surface area contributed by atoms with Crippen LogP contribution in [0.5, 0.6) is 5.88 Å². The summed E-state index contributed by atoms with van der Waals surface area (Å²) in [5.41, 5.74) is 1.67. The van der Waals surface area contributed by atoms with Crippen molar-refractivity contribution >= 4 is 5.78 Å². The molecule has 0 bridgehead atoms. The highest BCUT2D eigenvalue weighted by Crippen LogP contribution is 2.23. The molecule has 0 saturated heterocycles. The highest BCUT2D eigenvalue weighted by Gasteiger charge is 2.17. The van der Waals surface area contributed by atoms with Crippen LogP contribution in [0, 0.1) is 5.41 Å². The largest absolute Gasteiger partial charge is 0.477 e. The summed E-state index contributed by atoms with van der Waals surface area (Å²) in [5.74, 6) is 0.477. The van der Waals surface area contributed by atoms with Crippen LogP contribution in [0.15, 0.2) is 12.3 Å². The van der Waals surface area contributed by atoms with E-state index in [0.29, 0.717) is 18.1 Å². The lowest BCUT2D eigenvalue weighted by Crippen LogP contribution is -2.19. The normalized spacial score (nSPS) is 11.4. The van der Waals surface area contributed by atoms with Crippen molar-refractivity contribution in [2.45, 2.75) is 41.0 Å². The Labute approximate surface area is 103 Å². The van der Waals surface area contributed by atoms with Crippen LogP contribution in [0.1, 0.15) is 50.5 Å². The van der Waals surface area contributed by atoms with Gasteiger partial charge in [0.2, 0.25) is 5.88 Å². The van der Waals surface area contributed by atoms with Gasteiger partial charge in [0.1, 0.15) is 0 Å². The van der Waals surface area contributed by atoms with Crippen molar-refractivity contribution in [1.29, 1.82) is 0 Å². The first-order valence-electron chi connectivity index (χ1n) is 5.96. The van der Waals surface area contributed by atoms with E-state index in [1.54, 1.807) is 13.1 Å². The molecule has 1 aromatic rings. The van der Waals surface area contributed by atoms with Crippen molar-refractivity contribution in [2.24, 2.45) is 5.41 Å². The van der Waals surface area contributed by atoms with E-state index in [1.165, 1.54) is 0 Å². The highest BCUT2D eigenvalue weighted by molar-refractivity contribution is 5.97. The first-order valence-corrected chi connectivity index (χ1v) is 5.96. The molecule has 0 aliphatic rings. The van der Waals surface area contributed by atoms with Gasteiger partial charge in [-0.25, -0.2) is 4.98 Å². The van der Waals surface area contributed by atoms with Gasteiger partial charge in [-0.1, -0.05) is 27.7 Å². The number of ketones is 1. The molecule has 0 unspecified atom stereocenters. The minimum atomic E-state index is 0.0128. The van der Waals surface area contributed by atoms with Gasteiger partial charge in [-0.15, -0.1) is 0 Å². The fourth-order valence-electron chi connectivity index (χ4n) is 1.55. The fourth-order valence-corrected chi connectivity index (χ4v) is 1.55. The standard InChI is InChI=1S/C14H21NO2/c1-6-11-7-8-15-13(12(11)10(2)16)17-9-14(3,4)5/h7-8H,6,9H2,1-5H3. The molecular formula is C14H21NO2. The summed E-state index contributed by atoms with van der Waals surface area (Å²) in [6.07, 6.45) is 2.51. The van der Waals surface area contributed by atoms with Crippen molar-refractivity contribution in [1.82, 2.24) is 4.98 Å². The Hall–Kier alpha value is -1.38. The molecule has 94 valence electrons. The number of carbonyl (C=O) groups excluding carboxylic acids is 1. The molecule has 0 spiro atoms.